The zero-order valence-corrected chi connectivity index (χ0v) is 18.0. The molecule has 1 aliphatic carbocycles. The zero-order valence-electron chi connectivity index (χ0n) is 18.0. The number of nitrogens with one attached hydrogen (secondary N) is 2. The van der Waals surface area contributed by atoms with Crippen molar-refractivity contribution in [3.8, 4) is 11.5 Å². The van der Waals surface area contributed by atoms with Gasteiger partial charge in [0.05, 0.1) is 25.8 Å². The molecule has 0 spiro atoms. The molecule has 0 radical (unpaired) electrons. The molecule has 6 nitrogen and oxygen atoms in total. The van der Waals surface area contributed by atoms with E-state index in [0.717, 1.165) is 29.8 Å². The fourth-order valence-electron chi connectivity index (χ4n) is 4.44. The summed E-state index contributed by atoms with van der Waals surface area (Å²) in [6.07, 6.45) is 2.07. The number of para-hydroxylation sites is 3. The van der Waals surface area contributed by atoms with Gasteiger partial charge in [0.15, 0.2) is 5.78 Å². The van der Waals surface area contributed by atoms with Crippen LogP contribution in [-0.2, 0) is 9.59 Å². The average Bonchev–Trinajstić information content (AvgIpc) is 2.78. The highest BCUT2D eigenvalue weighted by Crippen LogP contribution is 2.45. The van der Waals surface area contributed by atoms with Crippen molar-refractivity contribution in [3.63, 3.8) is 0 Å². The molecule has 1 aliphatic heterocycles. The van der Waals surface area contributed by atoms with E-state index >= 15 is 0 Å². The minimum atomic E-state index is -0.505. The quantitative estimate of drug-likeness (QED) is 0.757. The molecule has 2 aromatic rings. The first kappa shape index (κ1) is 20.7. The third-order valence-corrected chi connectivity index (χ3v) is 5.83. The van der Waals surface area contributed by atoms with Gasteiger partial charge in [-0.1, -0.05) is 30.3 Å². The van der Waals surface area contributed by atoms with Crippen LogP contribution in [0.5, 0.6) is 11.5 Å². The molecule has 31 heavy (non-hydrogen) atoms. The number of dihydropyridines is 1. The van der Waals surface area contributed by atoms with Crippen molar-refractivity contribution in [1.82, 2.24) is 5.32 Å². The van der Waals surface area contributed by atoms with E-state index in [0.29, 0.717) is 34.8 Å². The number of ether oxygens (including phenoxy) is 2. The van der Waals surface area contributed by atoms with Crippen molar-refractivity contribution in [3.05, 3.63) is 76.6 Å². The number of anilines is 1. The predicted octanol–water partition coefficient (Wildman–Crippen LogP) is 4.31. The number of Topliss-reactive ketones (excluding diaryl/α,β-unsaturated/α-hetero) is 1. The van der Waals surface area contributed by atoms with Crippen molar-refractivity contribution >= 4 is 17.4 Å². The van der Waals surface area contributed by atoms with E-state index < -0.39 is 5.92 Å². The fourth-order valence-corrected chi connectivity index (χ4v) is 4.44. The van der Waals surface area contributed by atoms with E-state index in [1.54, 1.807) is 26.4 Å². The normalized spacial score (nSPS) is 18.3. The lowest BCUT2D eigenvalue weighted by molar-refractivity contribution is -0.116. The minimum absolute atomic E-state index is 0.0692. The Morgan fingerprint density at radius 3 is 2.42 bits per heavy atom. The molecular formula is C25H26N2O4. The van der Waals surface area contributed by atoms with Crippen LogP contribution in [0.4, 0.5) is 5.69 Å². The standard InChI is InChI=1S/C25H26N2O4/c1-15-22(25(29)27-17-10-5-7-14-21(17)31-3)23(16-9-4-6-13-20(16)30-2)24-18(26-15)11-8-12-19(24)28/h4-7,9-10,13-14,23,26H,8,11-12H2,1-3H3,(H,27,29). The summed E-state index contributed by atoms with van der Waals surface area (Å²) in [5, 5.41) is 6.31. The number of ketones is 1. The first-order chi connectivity index (χ1) is 15.0. The summed E-state index contributed by atoms with van der Waals surface area (Å²) in [6.45, 7) is 1.88. The minimum Gasteiger partial charge on any atom is -0.496 e. The Hall–Kier alpha value is -3.54. The summed E-state index contributed by atoms with van der Waals surface area (Å²) in [4.78, 5) is 26.6. The van der Waals surface area contributed by atoms with Crippen LogP contribution in [0, 0.1) is 0 Å². The van der Waals surface area contributed by atoms with Gasteiger partial charge < -0.3 is 20.1 Å². The molecule has 160 valence electrons. The Labute approximate surface area is 181 Å². The number of hydrogen-bond donors (Lipinski definition) is 2. The maximum Gasteiger partial charge on any atom is 0.254 e. The molecule has 2 N–H and O–H groups in total. The summed E-state index contributed by atoms with van der Waals surface area (Å²) >= 11 is 0. The van der Waals surface area contributed by atoms with Crippen LogP contribution in [0.15, 0.2) is 71.1 Å². The smallest absolute Gasteiger partial charge is 0.254 e. The van der Waals surface area contributed by atoms with Gasteiger partial charge in [-0.15, -0.1) is 0 Å². The van der Waals surface area contributed by atoms with E-state index in [2.05, 4.69) is 10.6 Å². The summed E-state index contributed by atoms with van der Waals surface area (Å²) < 4.78 is 11.0. The van der Waals surface area contributed by atoms with Crippen molar-refractivity contribution < 1.29 is 19.1 Å². The highest BCUT2D eigenvalue weighted by molar-refractivity contribution is 6.10. The molecule has 6 heteroatoms. The number of hydrogen-bond acceptors (Lipinski definition) is 5. The van der Waals surface area contributed by atoms with Crippen LogP contribution in [-0.4, -0.2) is 25.9 Å². The number of methoxy groups -OCH3 is 2. The zero-order chi connectivity index (χ0) is 22.0. The second-order valence-corrected chi connectivity index (χ2v) is 7.66. The van der Waals surface area contributed by atoms with Crippen molar-refractivity contribution in [2.75, 3.05) is 19.5 Å². The van der Waals surface area contributed by atoms with Gasteiger partial charge in [-0.3, -0.25) is 9.59 Å². The number of allylic oxidation sites excluding steroid dienone is 3. The van der Waals surface area contributed by atoms with Gasteiger partial charge in [0.25, 0.3) is 5.91 Å². The summed E-state index contributed by atoms with van der Waals surface area (Å²) in [5.41, 5.74) is 4.17. The van der Waals surface area contributed by atoms with Gasteiger partial charge in [0.2, 0.25) is 0 Å². The van der Waals surface area contributed by atoms with E-state index in [-0.39, 0.29) is 11.7 Å². The molecule has 2 aliphatic rings. The summed E-state index contributed by atoms with van der Waals surface area (Å²) in [7, 11) is 3.16. The maximum absolute atomic E-state index is 13.6. The van der Waals surface area contributed by atoms with Crippen LogP contribution in [0.25, 0.3) is 0 Å². The Morgan fingerprint density at radius 1 is 1.00 bits per heavy atom. The lowest BCUT2D eigenvalue weighted by Crippen LogP contribution is -2.35. The maximum atomic E-state index is 13.6. The molecule has 2 aromatic carbocycles. The van der Waals surface area contributed by atoms with Crippen molar-refractivity contribution in [2.45, 2.75) is 32.1 Å². The van der Waals surface area contributed by atoms with E-state index in [4.69, 9.17) is 9.47 Å². The molecule has 0 saturated carbocycles. The van der Waals surface area contributed by atoms with E-state index in [1.807, 2.05) is 43.3 Å². The molecule has 0 aromatic heterocycles. The molecule has 0 bridgehead atoms. The molecule has 0 saturated heterocycles. The topological polar surface area (TPSA) is 76.7 Å². The Morgan fingerprint density at radius 2 is 1.68 bits per heavy atom. The number of benzene rings is 2. The molecule has 1 atom stereocenters. The number of carbonyl (C=O) groups excluding carboxylic acids is 2. The van der Waals surface area contributed by atoms with E-state index in [9.17, 15) is 9.59 Å². The molecule has 1 heterocycles. The van der Waals surface area contributed by atoms with Gasteiger partial charge >= 0.3 is 0 Å². The van der Waals surface area contributed by atoms with Gasteiger partial charge in [-0.2, -0.15) is 0 Å². The Bertz CT molecular complexity index is 1100. The summed E-state index contributed by atoms with van der Waals surface area (Å²) in [6, 6.07) is 14.8. The van der Waals surface area contributed by atoms with Crippen LogP contribution >= 0.6 is 0 Å². The first-order valence-electron chi connectivity index (χ1n) is 10.4. The molecule has 1 amide bonds. The van der Waals surface area contributed by atoms with Crippen molar-refractivity contribution in [2.24, 2.45) is 0 Å². The molecule has 4 rings (SSSR count). The van der Waals surface area contributed by atoms with Crippen LogP contribution < -0.4 is 20.1 Å². The Kier molecular flexibility index (Phi) is 5.80. The van der Waals surface area contributed by atoms with Gasteiger partial charge in [-0.25, -0.2) is 0 Å². The third kappa shape index (κ3) is 3.81. The lowest BCUT2D eigenvalue weighted by atomic mass is 9.74. The largest absolute Gasteiger partial charge is 0.496 e. The van der Waals surface area contributed by atoms with Crippen LogP contribution in [0.3, 0.4) is 0 Å². The number of amides is 1. The molecular weight excluding hydrogens is 392 g/mol. The summed E-state index contributed by atoms with van der Waals surface area (Å²) in [5.74, 6) is 0.500. The second-order valence-electron chi connectivity index (χ2n) is 7.66. The predicted molar refractivity (Wildman–Crippen MR) is 119 cm³/mol. The van der Waals surface area contributed by atoms with Gasteiger partial charge in [-0.05, 0) is 38.0 Å². The SMILES string of the molecule is COc1ccccc1NC(=O)C1=C(C)NC2=C(C(=O)CCC2)C1c1ccccc1OC. The molecule has 0 fully saturated rings. The van der Waals surface area contributed by atoms with Crippen molar-refractivity contribution in [1.29, 1.82) is 0 Å². The number of carbonyl (C=O) groups is 2. The average molecular weight is 418 g/mol. The Balaban J connectivity index is 1.83. The first-order valence-corrected chi connectivity index (χ1v) is 10.4. The van der Waals surface area contributed by atoms with Crippen LogP contribution in [0.2, 0.25) is 0 Å². The highest BCUT2D eigenvalue weighted by atomic mass is 16.5. The molecule has 1 unspecified atom stereocenters. The van der Waals surface area contributed by atoms with Gasteiger partial charge in [0.1, 0.15) is 11.5 Å². The van der Waals surface area contributed by atoms with E-state index in [1.165, 1.54) is 0 Å². The van der Waals surface area contributed by atoms with Crippen LogP contribution in [0.1, 0.15) is 37.7 Å². The number of rotatable bonds is 5. The lowest BCUT2D eigenvalue weighted by Gasteiger charge is -2.35. The second kappa shape index (κ2) is 8.68. The fraction of sp³-hybridized carbons (Fsp3) is 0.280. The third-order valence-electron chi connectivity index (χ3n) is 5.83. The highest BCUT2D eigenvalue weighted by Gasteiger charge is 2.39. The van der Waals surface area contributed by atoms with Gasteiger partial charge in [0, 0.05) is 34.5 Å². The monoisotopic (exact) mass is 418 g/mol.